The Balaban J connectivity index is 2.45. The minimum absolute atomic E-state index is 0.0920. The number of carbonyl (C=O) groups excluding carboxylic acids is 1. The molecule has 4 heteroatoms. The molecule has 15 heavy (non-hydrogen) atoms. The molecule has 1 fully saturated rings. The number of hydrogen-bond donors (Lipinski definition) is 1. The number of carbonyl (C=O) groups is 1. The van der Waals surface area contributed by atoms with Crippen LogP contribution in [0.2, 0.25) is 0 Å². The Bertz CT molecular complexity index is 276. The zero-order valence-corrected chi connectivity index (χ0v) is 9.71. The Kier molecular flexibility index (Phi) is 3.70. The summed E-state index contributed by atoms with van der Waals surface area (Å²) in [6.07, 6.45) is 2.41. The third-order valence-electron chi connectivity index (χ3n) is 2.87. The molecule has 84 valence electrons. The number of likely N-dealkylation sites (N-methyl/N-ethyl adjacent to an activating group) is 1. The van der Waals surface area contributed by atoms with E-state index in [0.717, 1.165) is 13.0 Å². The fourth-order valence-corrected chi connectivity index (χ4v) is 1.88. The van der Waals surface area contributed by atoms with Crippen LogP contribution in [0.1, 0.15) is 26.2 Å². The van der Waals surface area contributed by atoms with Gasteiger partial charge in [0.15, 0.2) is 0 Å². The van der Waals surface area contributed by atoms with Crippen LogP contribution in [0, 0.1) is 16.7 Å². The number of nitrogens with zero attached hydrogens (tertiary/aromatic N) is 2. The fraction of sp³-hybridized carbons (Fsp3) is 0.818. The summed E-state index contributed by atoms with van der Waals surface area (Å²) in [5, 5.41) is 11.9. The number of nitrogens with one attached hydrogen (secondary N) is 1. The minimum Gasteiger partial charge on any atom is -0.351 e. The number of nitriles is 1. The molecule has 1 N–H and O–H groups in total. The van der Waals surface area contributed by atoms with Crippen LogP contribution < -0.4 is 5.32 Å². The Morgan fingerprint density at radius 2 is 2.20 bits per heavy atom. The lowest BCUT2D eigenvalue weighted by molar-refractivity contribution is -0.132. The van der Waals surface area contributed by atoms with E-state index in [1.165, 1.54) is 0 Å². The van der Waals surface area contributed by atoms with E-state index < -0.39 is 5.41 Å². The Hall–Kier alpha value is -1.08. The maximum Gasteiger partial charge on any atom is 0.240 e. The molecule has 1 unspecified atom stereocenters. The first-order valence-electron chi connectivity index (χ1n) is 5.37. The van der Waals surface area contributed by atoms with Crippen molar-refractivity contribution in [1.29, 1.82) is 5.26 Å². The van der Waals surface area contributed by atoms with Gasteiger partial charge in [-0.2, -0.15) is 5.26 Å². The molecule has 1 amide bonds. The van der Waals surface area contributed by atoms with Gasteiger partial charge in [0, 0.05) is 12.6 Å². The number of amides is 1. The molecule has 0 aromatic carbocycles. The van der Waals surface area contributed by atoms with Crippen molar-refractivity contribution < 1.29 is 4.79 Å². The lowest BCUT2D eigenvalue weighted by atomic mass is 9.69. The van der Waals surface area contributed by atoms with Gasteiger partial charge in [-0.15, -0.1) is 0 Å². The molecular weight excluding hydrogens is 190 g/mol. The SMILES string of the molecule is CC(CN(C)C)NC(=O)C1(C#N)CCC1. The van der Waals surface area contributed by atoms with E-state index in [9.17, 15) is 4.79 Å². The van der Waals surface area contributed by atoms with Crippen LogP contribution in [0.5, 0.6) is 0 Å². The lowest BCUT2D eigenvalue weighted by Crippen LogP contribution is -2.49. The quantitative estimate of drug-likeness (QED) is 0.743. The van der Waals surface area contributed by atoms with Gasteiger partial charge in [0.2, 0.25) is 5.91 Å². The van der Waals surface area contributed by atoms with Crippen molar-refractivity contribution in [2.75, 3.05) is 20.6 Å². The van der Waals surface area contributed by atoms with Crippen molar-refractivity contribution in [3.05, 3.63) is 0 Å². The van der Waals surface area contributed by atoms with E-state index in [4.69, 9.17) is 5.26 Å². The topological polar surface area (TPSA) is 56.1 Å². The van der Waals surface area contributed by atoms with Crippen molar-refractivity contribution in [2.45, 2.75) is 32.2 Å². The van der Waals surface area contributed by atoms with Gasteiger partial charge in [0.25, 0.3) is 0 Å². The van der Waals surface area contributed by atoms with Crippen LogP contribution in [0.25, 0.3) is 0 Å². The zero-order valence-electron chi connectivity index (χ0n) is 9.71. The van der Waals surface area contributed by atoms with Gasteiger partial charge < -0.3 is 10.2 Å². The molecule has 0 heterocycles. The molecule has 0 spiro atoms. The first-order chi connectivity index (χ1) is 7.00. The molecule has 1 aliphatic carbocycles. The summed E-state index contributed by atoms with van der Waals surface area (Å²) in [6, 6.07) is 2.24. The molecule has 0 aromatic heterocycles. The Morgan fingerprint density at radius 1 is 1.60 bits per heavy atom. The Labute approximate surface area is 91.2 Å². The van der Waals surface area contributed by atoms with Gasteiger partial charge in [0.05, 0.1) is 6.07 Å². The average molecular weight is 209 g/mol. The van der Waals surface area contributed by atoms with Crippen molar-refractivity contribution in [1.82, 2.24) is 10.2 Å². The third kappa shape index (κ3) is 2.69. The van der Waals surface area contributed by atoms with E-state index in [2.05, 4.69) is 11.4 Å². The third-order valence-corrected chi connectivity index (χ3v) is 2.87. The van der Waals surface area contributed by atoms with E-state index >= 15 is 0 Å². The first-order valence-corrected chi connectivity index (χ1v) is 5.37. The van der Waals surface area contributed by atoms with Gasteiger partial charge in [-0.1, -0.05) is 0 Å². The van der Waals surface area contributed by atoms with E-state index in [1.54, 1.807) is 0 Å². The highest BCUT2D eigenvalue weighted by molar-refractivity contribution is 5.86. The predicted molar refractivity (Wildman–Crippen MR) is 58.1 cm³/mol. The molecule has 0 aliphatic heterocycles. The van der Waals surface area contributed by atoms with Crippen molar-refractivity contribution in [3.63, 3.8) is 0 Å². The van der Waals surface area contributed by atoms with Crippen molar-refractivity contribution in [3.8, 4) is 6.07 Å². The summed E-state index contributed by atoms with van der Waals surface area (Å²) < 4.78 is 0. The van der Waals surface area contributed by atoms with Crippen LogP contribution >= 0.6 is 0 Å². The molecule has 1 aliphatic rings. The van der Waals surface area contributed by atoms with Crippen LogP contribution in [0.3, 0.4) is 0 Å². The molecular formula is C11H19N3O. The maximum absolute atomic E-state index is 11.8. The molecule has 0 saturated heterocycles. The van der Waals surface area contributed by atoms with Gasteiger partial charge in [-0.3, -0.25) is 4.79 Å². The summed E-state index contributed by atoms with van der Waals surface area (Å²) in [4.78, 5) is 13.8. The van der Waals surface area contributed by atoms with E-state index in [0.29, 0.717) is 12.8 Å². The highest BCUT2D eigenvalue weighted by atomic mass is 16.2. The van der Waals surface area contributed by atoms with E-state index in [-0.39, 0.29) is 11.9 Å². The lowest BCUT2D eigenvalue weighted by Gasteiger charge is -2.34. The number of hydrogen-bond acceptors (Lipinski definition) is 3. The van der Waals surface area contributed by atoms with Gasteiger partial charge in [0.1, 0.15) is 5.41 Å². The van der Waals surface area contributed by atoms with Crippen LogP contribution in [0.15, 0.2) is 0 Å². The van der Waals surface area contributed by atoms with Crippen LogP contribution in [-0.4, -0.2) is 37.5 Å². The van der Waals surface area contributed by atoms with Gasteiger partial charge in [-0.05, 0) is 40.3 Å². The molecule has 4 nitrogen and oxygen atoms in total. The second kappa shape index (κ2) is 4.63. The predicted octanol–water partition coefficient (Wildman–Crippen LogP) is 0.747. The van der Waals surface area contributed by atoms with Crippen molar-refractivity contribution in [2.24, 2.45) is 5.41 Å². The summed E-state index contributed by atoms with van der Waals surface area (Å²) >= 11 is 0. The summed E-state index contributed by atoms with van der Waals surface area (Å²) in [5.74, 6) is -0.0920. The molecule has 1 rings (SSSR count). The fourth-order valence-electron chi connectivity index (χ4n) is 1.88. The summed E-state index contributed by atoms with van der Waals surface area (Å²) in [5.41, 5.74) is -0.722. The maximum atomic E-state index is 11.8. The van der Waals surface area contributed by atoms with Gasteiger partial charge in [-0.25, -0.2) is 0 Å². The van der Waals surface area contributed by atoms with Crippen molar-refractivity contribution >= 4 is 5.91 Å². The minimum atomic E-state index is -0.722. The molecule has 1 atom stereocenters. The monoisotopic (exact) mass is 209 g/mol. The standard InChI is InChI=1S/C11H19N3O/c1-9(7-14(2)3)13-10(15)11(8-12)5-4-6-11/h9H,4-7H2,1-3H3,(H,13,15). The highest BCUT2D eigenvalue weighted by Crippen LogP contribution is 2.40. The number of rotatable bonds is 4. The largest absolute Gasteiger partial charge is 0.351 e. The summed E-state index contributed by atoms with van der Waals surface area (Å²) in [7, 11) is 3.93. The normalized spacial score (nSPS) is 20.2. The zero-order chi connectivity index (χ0) is 11.5. The highest BCUT2D eigenvalue weighted by Gasteiger charge is 2.44. The second-order valence-corrected chi connectivity index (χ2v) is 4.68. The smallest absolute Gasteiger partial charge is 0.240 e. The molecule has 1 saturated carbocycles. The average Bonchev–Trinajstić information content (AvgIpc) is 2.00. The van der Waals surface area contributed by atoms with Crippen LogP contribution in [0.4, 0.5) is 0 Å². The summed E-state index contributed by atoms with van der Waals surface area (Å²) in [6.45, 7) is 2.76. The molecule has 0 radical (unpaired) electrons. The molecule has 0 aromatic rings. The van der Waals surface area contributed by atoms with Crippen LogP contribution in [-0.2, 0) is 4.79 Å². The Morgan fingerprint density at radius 3 is 2.53 bits per heavy atom. The van der Waals surface area contributed by atoms with E-state index in [1.807, 2.05) is 25.9 Å². The second-order valence-electron chi connectivity index (χ2n) is 4.68. The van der Waals surface area contributed by atoms with Gasteiger partial charge >= 0.3 is 0 Å². The first kappa shape index (κ1) is 12.0. The molecule has 0 bridgehead atoms.